The molecule has 0 aliphatic heterocycles. The van der Waals surface area contributed by atoms with Crippen molar-refractivity contribution in [3.63, 3.8) is 0 Å². The smallest absolute Gasteiger partial charge is 0.251 e. The van der Waals surface area contributed by atoms with E-state index in [1.807, 2.05) is 41.8 Å². The van der Waals surface area contributed by atoms with Crippen molar-refractivity contribution in [2.24, 2.45) is 0 Å². The van der Waals surface area contributed by atoms with E-state index in [2.05, 4.69) is 0 Å². The molecule has 4 nitrogen and oxygen atoms in total. The van der Waals surface area contributed by atoms with Crippen molar-refractivity contribution in [1.29, 1.82) is 0 Å². The number of anilines is 1. The number of furan rings is 1. The van der Waals surface area contributed by atoms with E-state index in [-0.39, 0.29) is 5.91 Å². The van der Waals surface area contributed by atoms with Crippen molar-refractivity contribution in [1.82, 2.24) is 0 Å². The minimum atomic E-state index is -0.107. The molecule has 5 heteroatoms. The zero-order valence-corrected chi connectivity index (χ0v) is 14.0. The third-order valence-corrected chi connectivity index (χ3v) is 4.34. The lowest BCUT2D eigenvalue weighted by Crippen LogP contribution is -2.28. The van der Waals surface area contributed by atoms with Crippen LogP contribution in [0.1, 0.15) is 10.6 Å². The number of methoxy groups -OCH3 is 1. The molecule has 2 aromatic heterocycles. The molecule has 3 rings (SSSR count). The molecule has 0 aliphatic rings. The summed E-state index contributed by atoms with van der Waals surface area (Å²) in [6.45, 7) is 0.519. The fraction of sp³-hybridized carbons (Fsp3) is 0.105. The van der Waals surface area contributed by atoms with Crippen LogP contribution in [0.4, 0.5) is 5.69 Å². The van der Waals surface area contributed by atoms with E-state index < -0.39 is 0 Å². The standard InChI is InChI=1S/C19H17NO3S/c1-22-16-8-6-15(7-9-16)20(14-18-5-3-13-24-18)19(21)11-10-17-4-2-12-23-17/h2-13H,14H2,1H3/b11-10+. The second kappa shape index (κ2) is 7.66. The van der Waals surface area contributed by atoms with Gasteiger partial charge in [-0.15, -0.1) is 11.3 Å². The van der Waals surface area contributed by atoms with E-state index in [1.165, 1.54) is 6.08 Å². The van der Waals surface area contributed by atoms with Gasteiger partial charge in [0.25, 0.3) is 5.91 Å². The van der Waals surface area contributed by atoms with Crippen LogP contribution in [-0.2, 0) is 11.3 Å². The Hall–Kier alpha value is -2.79. The highest BCUT2D eigenvalue weighted by Crippen LogP contribution is 2.23. The second-order valence-electron chi connectivity index (χ2n) is 5.05. The van der Waals surface area contributed by atoms with Gasteiger partial charge in [0.05, 0.1) is 19.9 Å². The van der Waals surface area contributed by atoms with Crippen LogP contribution in [0.5, 0.6) is 5.75 Å². The maximum Gasteiger partial charge on any atom is 0.251 e. The van der Waals surface area contributed by atoms with Crippen LogP contribution in [0.3, 0.4) is 0 Å². The van der Waals surface area contributed by atoms with Crippen LogP contribution in [0, 0.1) is 0 Å². The number of carbonyl (C=O) groups excluding carboxylic acids is 1. The molecular formula is C19H17NO3S. The van der Waals surface area contributed by atoms with Crippen LogP contribution in [-0.4, -0.2) is 13.0 Å². The topological polar surface area (TPSA) is 42.7 Å². The number of ether oxygens (including phenoxy) is 1. The number of amides is 1. The van der Waals surface area contributed by atoms with Gasteiger partial charge >= 0.3 is 0 Å². The Balaban J connectivity index is 1.84. The highest BCUT2D eigenvalue weighted by atomic mass is 32.1. The van der Waals surface area contributed by atoms with Gasteiger partial charge in [0, 0.05) is 16.6 Å². The number of hydrogen-bond donors (Lipinski definition) is 0. The van der Waals surface area contributed by atoms with E-state index in [0.29, 0.717) is 12.3 Å². The SMILES string of the molecule is COc1ccc(N(Cc2cccs2)C(=O)/C=C/c2ccco2)cc1. The Bertz CT molecular complexity index is 790. The molecule has 0 saturated heterocycles. The minimum absolute atomic E-state index is 0.107. The zero-order chi connectivity index (χ0) is 16.8. The third kappa shape index (κ3) is 3.94. The molecule has 2 heterocycles. The molecular weight excluding hydrogens is 322 g/mol. The van der Waals surface area contributed by atoms with E-state index in [4.69, 9.17) is 9.15 Å². The number of hydrogen-bond acceptors (Lipinski definition) is 4. The largest absolute Gasteiger partial charge is 0.497 e. The predicted octanol–water partition coefficient (Wildman–Crippen LogP) is 4.60. The van der Waals surface area contributed by atoms with Gasteiger partial charge in [-0.1, -0.05) is 6.07 Å². The Labute approximate surface area is 144 Å². The molecule has 0 aliphatic carbocycles. The Kier molecular flexibility index (Phi) is 5.13. The summed E-state index contributed by atoms with van der Waals surface area (Å²) in [6, 6.07) is 15.1. The summed E-state index contributed by atoms with van der Waals surface area (Å²) in [6.07, 6.45) is 4.78. The third-order valence-electron chi connectivity index (χ3n) is 3.48. The summed E-state index contributed by atoms with van der Waals surface area (Å²) < 4.78 is 10.4. The first-order chi connectivity index (χ1) is 11.8. The molecule has 122 valence electrons. The molecule has 24 heavy (non-hydrogen) atoms. The first-order valence-corrected chi connectivity index (χ1v) is 8.34. The first-order valence-electron chi connectivity index (χ1n) is 7.46. The molecule has 3 aromatic rings. The molecule has 0 saturated carbocycles. The maximum absolute atomic E-state index is 12.7. The van der Waals surface area contributed by atoms with Crippen molar-refractivity contribution in [3.05, 3.63) is 76.9 Å². The van der Waals surface area contributed by atoms with Gasteiger partial charge in [0.2, 0.25) is 0 Å². The van der Waals surface area contributed by atoms with Crippen molar-refractivity contribution in [2.45, 2.75) is 6.54 Å². The summed E-state index contributed by atoms with van der Waals surface area (Å²) in [5.41, 5.74) is 0.818. The van der Waals surface area contributed by atoms with E-state index in [1.54, 1.807) is 47.8 Å². The van der Waals surface area contributed by atoms with E-state index in [0.717, 1.165) is 16.3 Å². The molecule has 1 aromatic carbocycles. The van der Waals surface area contributed by atoms with Crippen LogP contribution >= 0.6 is 11.3 Å². The minimum Gasteiger partial charge on any atom is -0.497 e. The Morgan fingerprint density at radius 1 is 1.21 bits per heavy atom. The van der Waals surface area contributed by atoms with Crippen LogP contribution < -0.4 is 9.64 Å². The molecule has 0 radical (unpaired) electrons. The zero-order valence-electron chi connectivity index (χ0n) is 13.2. The normalized spacial score (nSPS) is 10.9. The van der Waals surface area contributed by atoms with Gasteiger partial charge in [-0.3, -0.25) is 4.79 Å². The number of rotatable bonds is 6. The highest BCUT2D eigenvalue weighted by Gasteiger charge is 2.15. The summed E-state index contributed by atoms with van der Waals surface area (Å²) in [7, 11) is 1.62. The average Bonchev–Trinajstić information content (AvgIpc) is 3.31. The summed E-state index contributed by atoms with van der Waals surface area (Å²) in [5, 5.41) is 2.00. The van der Waals surface area contributed by atoms with Gasteiger partial charge in [0.1, 0.15) is 11.5 Å². The predicted molar refractivity (Wildman–Crippen MR) is 96.2 cm³/mol. The summed E-state index contributed by atoms with van der Waals surface area (Å²) >= 11 is 1.63. The van der Waals surface area contributed by atoms with Crippen LogP contribution in [0.15, 0.2) is 70.7 Å². The van der Waals surface area contributed by atoms with Gasteiger partial charge < -0.3 is 14.1 Å². The van der Waals surface area contributed by atoms with Crippen LogP contribution in [0.2, 0.25) is 0 Å². The van der Waals surface area contributed by atoms with E-state index >= 15 is 0 Å². The molecule has 0 N–H and O–H groups in total. The first kappa shape index (κ1) is 16.1. The summed E-state index contributed by atoms with van der Waals surface area (Å²) in [5.74, 6) is 1.30. The molecule has 0 atom stereocenters. The van der Waals surface area contributed by atoms with Gasteiger partial charge in [-0.05, 0) is 53.9 Å². The van der Waals surface area contributed by atoms with Crippen LogP contribution in [0.25, 0.3) is 6.08 Å². The van der Waals surface area contributed by atoms with Crippen molar-refractivity contribution >= 4 is 29.0 Å². The lowest BCUT2D eigenvalue weighted by Gasteiger charge is -2.21. The average molecular weight is 339 g/mol. The second-order valence-corrected chi connectivity index (χ2v) is 6.08. The maximum atomic E-state index is 12.7. The summed E-state index contributed by atoms with van der Waals surface area (Å²) in [4.78, 5) is 15.5. The lowest BCUT2D eigenvalue weighted by molar-refractivity contribution is -0.114. The fourth-order valence-corrected chi connectivity index (χ4v) is 2.94. The Morgan fingerprint density at radius 2 is 2.04 bits per heavy atom. The lowest BCUT2D eigenvalue weighted by atomic mass is 10.2. The molecule has 0 unspecified atom stereocenters. The van der Waals surface area contributed by atoms with Crippen molar-refractivity contribution in [3.8, 4) is 5.75 Å². The van der Waals surface area contributed by atoms with Crippen molar-refractivity contribution in [2.75, 3.05) is 12.0 Å². The Morgan fingerprint density at radius 3 is 2.67 bits per heavy atom. The molecule has 0 fully saturated rings. The number of thiophene rings is 1. The van der Waals surface area contributed by atoms with E-state index in [9.17, 15) is 4.79 Å². The monoisotopic (exact) mass is 339 g/mol. The van der Waals surface area contributed by atoms with Gasteiger partial charge in [0.15, 0.2) is 0 Å². The highest BCUT2D eigenvalue weighted by molar-refractivity contribution is 7.09. The fourth-order valence-electron chi connectivity index (χ4n) is 2.25. The molecule has 0 spiro atoms. The number of nitrogens with zero attached hydrogens (tertiary/aromatic N) is 1. The number of carbonyl (C=O) groups is 1. The van der Waals surface area contributed by atoms with Gasteiger partial charge in [-0.25, -0.2) is 0 Å². The van der Waals surface area contributed by atoms with Crippen molar-refractivity contribution < 1.29 is 13.9 Å². The molecule has 0 bridgehead atoms. The quantitative estimate of drug-likeness (QED) is 0.617. The van der Waals surface area contributed by atoms with Gasteiger partial charge in [-0.2, -0.15) is 0 Å². The molecule has 1 amide bonds. The number of benzene rings is 1.